The first-order valence-electron chi connectivity index (χ1n) is 8.58. The largest absolute Gasteiger partial charge is 0.493 e. The molecule has 0 saturated heterocycles. The predicted octanol–water partition coefficient (Wildman–Crippen LogP) is 2.91. The zero-order valence-electron chi connectivity index (χ0n) is 15.3. The average molecular weight is 366 g/mol. The van der Waals surface area contributed by atoms with Gasteiger partial charge in [0.05, 0.1) is 25.2 Å². The molecule has 27 heavy (non-hydrogen) atoms. The first-order chi connectivity index (χ1) is 13.3. The van der Waals surface area contributed by atoms with Crippen molar-refractivity contribution in [3.05, 3.63) is 42.1 Å². The number of methoxy groups -OCH3 is 2. The number of carbonyl (C=O) groups excluding carboxylic acids is 1. The highest BCUT2D eigenvalue weighted by Crippen LogP contribution is 2.41. The number of aromatic nitrogens is 1. The first kappa shape index (κ1) is 17.1. The summed E-state index contributed by atoms with van der Waals surface area (Å²) >= 11 is 0. The molecule has 0 bridgehead atoms. The van der Waals surface area contributed by atoms with E-state index in [1.807, 2.05) is 12.9 Å². The van der Waals surface area contributed by atoms with Crippen molar-refractivity contribution in [2.24, 2.45) is 0 Å². The molecule has 0 saturated carbocycles. The van der Waals surface area contributed by atoms with Gasteiger partial charge in [-0.1, -0.05) is 0 Å². The summed E-state index contributed by atoms with van der Waals surface area (Å²) in [7, 11) is 3.34. The minimum Gasteiger partial charge on any atom is -0.493 e. The van der Waals surface area contributed by atoms with Crippen LogP contribution in [0.4, 0.5) is 0 Å². The van der Waals surface area contributed by atoms with E-state index in [0.29, 0.717) is 6.79 Å². The number of carbonyl (C=O) groups is 1. The highest BCUT2D eigenvalue weighted by atomic mass is 16.7. The predicted molar refractivity (Wildman–Crippen MR) is 99.6 cm³/mol. The molecule has 0 amide bonds. The Hall–Kier alpha value is -3.28. The molecule has 138 valence electrons. The summed E-state index contributed by atoms with van der Waals surface area (Å²) in [4.78, 5) is 8.00. The molecule has 3 heterocycles. The molecular weight excluding hydrogens is 346 g/mol. The fourth-order valence-corrected chi connectivity index (χ4v) is 3.77. The Kier molecular flexibility index (Phi) is 4.32. The van der Waals surface area contributed by atoms with Crippen LogP contribution in [0.3, 0.4) is 0 Å². The Bertz CT molecular complexity index is 1030. The molecule has 0 atom stereocenters. The van der Waals surface area contributed by atoms with Crippen molar-refractivity contribution >= 4 is 17.6 Å². The smallest absolute Gasteiger partial charge is 0.231 e. The molecule has 5 rings (SSSR count). The molecule has 0 N–H and O–H groups in total. The van der Waals surface area contributed by atoms with E-state index in [0.717, 1.165) is 46.7 Å². The molecule has 0 fully saturated rings. The van der Waals surface area contributed by atoms with Gasteiger partial charge in [-0.3, -0.25) is 0 Å². The third-order valence-electron chi connectivity index (χ3n) is 5.00. The maximum absolute atomic E-state index is 8.00. The van der Waals surface area contributed by atoms with Crippen LogP contribution in [0.2, 0.25) is 0 Å². The lowest BCUT2D eigenvalue weighted by Gasteiger charge is -2.17. The zero-order chi connectivity index (χ0) is 19.0. The topological polar surface area (TPSA) is 57.9 Å². The molecule has 6 nitrogen and oxygen atoms in total. The van der Waals surface area contributed by atoms with E-state index in [-0.39, 0.29) is 0 Å². The van der Waals surface area contributed by atoms with E-state index in [1.165, 1.54) is 16.8 Å². The SMILES string of the molecule is C=O.COc1ccc2cc3[n+](cc2c1OC)CCc1cc2c(cc1-3)OCO2. The molecule has 3 aromatic rings. The molecule has 6 heteroatoms. The van der Waals surface area contributed by atoms with Crippen LogP contribution < -0.4 is 23.5 Å². The molecule has 0 aliphatic carbocycles. The van der Waals surface area contributed by atoms with Gasteiger partial charge in [0.15, 0.2) is 35.7 Å². The van der Waals surface area contributed by atoms with Crippen LogP contribution >= 0.6 is 0 Å². The van der Waals surface area contributed by atoms with E-state index in [2.05, 4.69) is 35.0 Å². The van der Waals surface area contributed by atoms with E-state index >= 15 is 0 Å². The Labute approximate surface area is 156 Å². The third-order valence-corrected chi connectivity index (χ3v) is 5.00. The molecule has 0 spiro atoms. The van der Waals surface area contributed by atoms with Gasteiger partial charge in [0.2, 0.25) is 12.5 Å². The maximum Gasteiger partial charge on any atom is 0.231 e. The number of aryl methyl sites for hydroxylation is 2. The van der Waals surface area contributed by atoms with Crippen LogP contribution in [-0.4, -0.2) is 27.8 Å². The molecule has 2 aromatic carbocycles. The van der Waals surface area contributed by atoms with Crippen LogP contribution in [0, 0.1) is 0 Å². The van der Waals surface area contributed by atoms with Gasteiger partial charge in [0, 0.05) is 12.5 Å². The number of hydrogen-bond donors (Lipinski definition) is 0. The van der Waals surface area contributed by atoms with E-state index in [9.17, 15) is 0 Å². The van der Waals surface area contributed by atoms with Gasteiger partial charge in [0.1, 0.15) is 6.79 Å². The van der Waals surface area contributed by atoms with Gasteiger partial charge >= 0.3 is 0 Å². The second kappa shape index (κ2) is 6.79. The monoisotopic (exact) mass is 366 g/mol. The molecule has 0 radical (unpaired) electrons. The second-order valence-corrected chi connectivity index (χ2v) is 6.27. The van der Waals surface area contributed by atoms with Crippen molar-refractivity contribution in [3.8, 4) is 34.3 Å². The summed E-state index contributed by atoms with van der Waals surface area (Å²) in [6.07, 6.45) is 3.11. The average Bonchev–Trinajstić information content (AvgIpc) is 3.18. The summed E-state index contributed by atoms with van der Waals surface area (Å²) < 4.78 is 24.4. The Morgan fingerprint density at radius 2 is 1.81 bits per heavy atom. The van der Waals surface area contributed by atoms with Gasteiger partial charge < -0.3 is 23.7 Å². The number of benzene rings is 2. The van der Waals surface area contributed by atoms with Crippen LogP contribution in [0.15, 0.2) is 36.5 Å². The molecular formula is C21H20NO5+. The standard InChI is InChI=1S/C20H18NO4.CH2O/c1-22-17-4-3-12-7-16-14-9-19-18(24-11-25-19)8-13(14)5-6-21(16)10-15(12)20(17)23-2;1-2/h3-4,7-10H,5-6,11H2,1-2H3;1H2/q+1;. The Morgan fingerprint density at radius 3 is 2.56 bits per heavy atom. The quantitative estimate of drug-likeness (QED) is 0.653. The number of pyridine rings is 1. The van der Waals surface area contributed by atoms with Crippen LogP contribution in [-0.2, 0) is 17.8 Å². The van der Waals surface area contributed by atoms with Crippen LogP contribution in [0.1, 0.15) is 5.56 Å². The van der Waals surface area contributed by atoms with Gasteiger partial charge in [-0.2, -0.15) is 4.57 Å². The van der Waals surface area contributed by atoms with Crippen molar-refractivity contribution in [3.63, 3.8) is 0 Å². The maximum atomic E-state index is 8.00. The van der Waals surface area contributed by atoms with Crippen molar-refractivity contribution in [2.45, 2.75) is 13.0 Å². The summed E-state index contributed by atoms with van der Waals surface area (Å²) in [5.74, 6) is 3.18. The van der Waals surface area contributed by atoms with Crippen molar-refractivity contribution in [1.82, 2.24) is 0 Å². The lowest BCUT2D eigenvalue weighted by atomic mass is 9.95. The number of fused-ring (bicyclic) bond motifs is 5. The number of rotatable bonds is 2. The van der Waals surface area contributed by atoms with Gasteiger partial charge in [-0.15, -0.1) is 0 Å². The second-order valence-electron chi connectivity index (χ2n) is 6.27. The van der Waals surface area contributed by atoms with Gasteiger partial charge in [-0.25, -0.2) is 0 Å². The first-order valence-corrected chi connectivity index (χ1v) is 8.58. The Balaban J connectivity index is 0.000000872. The lowest BCUT2D eigenvalue weighted by Crippen LogP contribution is -2.40. The minimum atomic E-state index is 0.299. The number of hydrogen-bond acceptors (Lipinski definition) is 5. The van der Waals surface area contributed by atoms with E-state index in [4.69, 9.17) is 23.7 Å². The highest BCUT2D eigenvalue weighted by Gasteiger charge is 2.28. The van der Waals surface area contributed by atoms with E-state index < -0.39 is 0 Å². The fourth-order valence-electron chi connectivity index (χ4n) is 3.77. The number of nitrogens with zero attached hydrogens (tertiary/aromatic N) is 1. The van der Waals surface area contributed by atoms with Crippen LogP contribution in [0.5, 0.6) is 23.0 Å². The van der Waals surface area contributed by atoms with Gasteiger partial charge in [-0.05, 0) is 35.2 Å². The van der Waals surface area contributed by atoms with Crippen molar-refractivity contribution in [2.75, 3.05) is 21.0 Å². The van der Waals surface area contributed by atoms with Gasteiger partial charge in [0.25, 0.3) is 0 Å². The van der Waals surface area contributed by atoms with E-state index in [1.54, 1.807) is 14.2 Å². The third kappa shape index (κ3) is 2.65. The molecule has 2 aliphatic rings. The van der Waals surface area contributed by atoms with Crippen molar-refractivity contribution in [1.29, 1.82) is 0 Å². The highest BCUT2D eigenvalue weighted by molar-refractivity contribution is 5.91. The lowest BCUT2D eigenvalue weighted by molar-refractivity contribution is -0.686. The minimum absolute atomic E-state index is 0.299. The summed E-state index contributed by atoms with van der Waals surface area (Å²) in [5.41, 5.74) is 3.68. The molecule has 0 unspecified atom stereocenters. The van der Waals surface area contributed by atoms with Crippen LogP contribution in [0.25, 0.3) is 22.0 Å². The molecule has 2 aliphatic heterocycles. The number of ether oxygens (including phenoxy) is 4. The Morgan fingerprint density at radius 1 is 1.04 bits per heavy atom. The summed E-state index contributed by atoms with van der Waals surface area (Å²) in [6, 6.07) is 10.4. The summed E-state index contributed by atoms with van der Waals surface area (Å²) in [5, 5.41) is 2.17. The molecule has 1 aromatic heterocycles. The fraction of sp³-hybridized carbons (Fsp3) is 0.238. The zero-order valence-corrected chi connectivity index (χ0v) is 15.3. The summed E-state index contributed by atoms with van der Waals surface area (Å²) in [6.45, 7) is 3.21. The normalized spacial score (nSPS) is 13.3. The van der Waals surface area contributed by atoms with Crippen molar-refractivity contribution < 1.29 is 28.3 Å².